The highest BCUT2D eigenvalue weighted by atomic mass is 79.9. The van der Waals surface area contributed by atoms with Crippen molar-refractivity contribution in [3.8, 4) is 0 Å². The van der Waals surface area contributed by atoms with Crippen LogP contribution in [0.2, 0.25) is 0 Å². The second-order valence-electron chi connectivity index (χ2n) is 8.41. The average molecular weight is 549 g/mol. The predicted molar refractivity (Wildman–Crippen MR) is 117 cm³/mol. The molecule has 1 amide bonds. The summed E-state index contributed by atoms with van der Waals surface area (Å²) < 4.78 is 0.222. The Morgan fingerprint density at radius 2 is 1.69 bits per heavy atom. The van der Waals surface area contributed by atoms with Crippen molar-refractivity contribution in [1.82, 2.24) is 4.90 Å². The highest BCUT2D eigenvalue weighted by Crippen LogP contribution is 2.82. The van der Waals surface area contributed by atoms with Crippen LogP contribution in [0.25, 0.3) is 0 Å². The number of alkyl halides is 3. The van der Waals surface area contributed by atoms with E-state index in [-0.39, 0.29) is 24.8 Å². The fourth-order valence-corrected chi connectivity index (χ4v) is 10.7. The van der Waals surface area contributed by atoms with Gasteiger partial charge in [-0.1, -0.05) is 79.8 Å². The maximum absolute atomic E-state index is 13.6. The molecule has 142 valence electrons. The number of rotatable bonds is 3. The molecule has 6 heteroatoms. The van der Waals surface area contributed by atoms with E-state index in [1.54, 1.807) is 0 Å². The van der Waals surface area contributed by atoms with Gasteiger partial charge < -0.3 is 9.80 Å². The molecule has 4 fully saturated rings. The van der Waals surface area contributed by atoms with Gasteiger partial charge in [0.1, 0.15) is 0 Å². The lowest BCUT2D eigenvalue weighted by molar-refractivity contribution is -0.173. The molecule has 0 aromatic heterocycles. The molecule has 2 bridgehead atoms. The summed E-state index contributed by atoms with van der Waals surface area (Å²) >= 11 is 11.5. The zero-order valence-electron chi connectivity index (χ0n) is 15.2. The van der Waals surface area contributed by atoms with Gasteiger partial charge in [-0.3, -0.25) is 4.79 Å². The lowest BCUT2D eigenvalue weighted by Crippen LogP contribution is -2.73. The van der Waals surface area contributed by atoms with E-state index in [4.69, 9.17) is 0 Å². The summed E-state index contributed by atoms with van der Waals surface area (Å²) in [4.78, 5) is 18.4. The molecule has 3 nitrogen and oxygen atoms in total. The zero-order chi connectivity index (χ0) is 18.7. The number of halogens is 3. The minimum absolute atomic E-state index is 0.0283. The van der Waals surface area contributed by atoms with Crippen molar-refractivity contribution < 1.29 is 4.79 Å². The Labute approximate surface area is 181 Å². The average Bonchev–Trinajstić information content (AvgIpc) is 3.12. The van der Waals surface area contributed by atoms with E-state index in [9.17, 15) is 4.79 Å². The second-order valence-corrected chi connectivity index (χ2v) is 12.4. The van der Waals surface area contributed by atoms with Crippen LogP contribution in [0, 0.1) is 16.2 Å². The number of carbonyl (C=O) groups excluding carboxylic acids is 1. The van der Waals surface area contributed by atoms with Crippen LogP contribution in [0.3, 0.4) is 0 Å². The van der Waals surface area contributed by atoms with Gasteiger partial charge in [0, 0.05) is 42.1 Å². The van der Waals surface area contributed by atoms with Crippen molar-refractivity contribution in [2.75, 3.05) is 31.1 Å². The molecule has 1 aromatic carbocycles. The van der Waals surface area contributed by atoms with Crippen LogP contribution in [0.4, 0.5) is 5.69 Å². The van der Waals surface area contributed by atoms with Gasteiger partial charge in [-0.15, -0.1) is 0 Å². The van der Waals surface area contributed by atoms with Gasteiger partial charge in [-0.05, 0) is 30.4 Å². The summed E-state index contributed by atoms with van der Waals surface area (Å²) in [6.45, 7) is 8.00. The highest BCUT2D eigenvalue weighted by molar-refractivity contribution is 9.24. The van der Waals surface area contributed by atoms with E-state index in [2.05, 4.69) is 95.7 Å². The highest BCUT2D eigenvalue weighted by Gasteiger charge is 2.83. The number of amides is 1. The predicted octanol–water partition coefficient (Wildman–Crippen LogP) is 5.02. The van der Waals surface area contributed by atoms with Crippen LogP contribution in [-0.4, -0.2) is 45.5 Å². The van der Waals surface area contributed by atoms with Crippen molar-refractivity contribution in [2.24, 2.45) is 16.2 Å². The largest absolute Gasteiger partial charge is 0.368 e. The monoisotopic (exact) mass is 546 g/mol. The molecule has 1 aromatic rings. The molecule has 0 radical (unpaired) electrons. The Balaban J connectivity index is 1.50. The Kier molecular flexibility index (Phi) is 4.80. The quantitative estimate of drug-likeness (QED) is 0.495. The number of nitrogens with zero attached hydrogens (tertiary/aromatic N) is 2. The van der Waals surface area contributed by atoms with Crippen molar-refractivity contribution >= 4 is 59.4 Å². The van der Waals surface area contributed by atoms with Crippen molar-refractivity contribution in [3.63, 3.8) is 0 Å². The Hall–Kier alpha value is -0.0700. The van der Waals surface area contributed by atoms with E-state index < -0.39 is 0 Å². The summed E-state index contributed by atoms with van der Waals surface area (Å²) in [5, 5.41) is 0. The summed E-state index contributed by atoms with van der Waals surface area (Å²) in [7, 11) is 0. The molecule has 1 heterocycles. The number of fused-ring (bicyclic) bond motifs is 1. The van der Waals surface area contributed by atoms with Crippen molar-refractivity contribution in [1.29, 1.82) is 0 Å². The van der Waals surface area contributed by atoms with Gasteiger partial charge in [0.25, 0.3) is 0 Å². The number of anilines is 1. The molecule has 5 rings (SSSR count). The van der Waals surface area contributed by atoms with Crippen LogP contribution in [0.1, 0.15) is 26.7 Å². The van der Waals surface area contributed by atoms with Gasteiger partial charge in [0.2, 0.25) is 5.91 Å². The number of benzene rings is 1. The molecule has 26 heavy (non-hydrogen) atoms. The van der Waals surface area contributed by atoms with Crippen LogP contribution in [-0.2, 0) is 4.79 Å². The van der Waals surface area contributed by atoms with Crippen LogP contribution in [0.5, 0.6) is 0 Å². The SMILES string of the molecule is CC1(C)C2(C(=O)N3CCN(c4ccccc4)CC3)CCC1(C(Br)Br)C2Br. The first-order chi connectivity index (χ1) is 12.3. The van der Waals surface area contributed by atoms with Gasteiger partial charge in [0.05, 0.1) is 9.15 Å². The molecular formula is C20H25Br3N2O. The smallest absolute Gasteiger partial charge is 0.230 e. The molecule has 4 aliphatic rings. The lowest BCUT2D eigenvalue weighted by Gasteiger charge is -2.67. The Morgan fingerprint density at radius 3 is 2.19 bits per heavy atom. The summed E-state index contributed by atoms with van der Waals surface area (Å²) in [5.41, 5.74) is 1.04. The fourth-order valence-electron chi connectivity index (χ4n) is 5.76. The second kappa shape index (κ2) is 6.48. The topological polar surface area (TPSA) is 23.6 Å². The zero-order valence-corrected chi connectivity index (χ0v) is 20.0. The van der Waals surface area contributed by atoms with Crippen LogP contribution >= 0.6 is 47.8 Å². The normalized spacial score (nSPS) is 35.5. The van der Waals surface area contributed by atoms with E-state index in [1.165, 1.54) is 5.69 Å². The standard InChI is InChI=1S/C20H25Br3N2O/c1-18(2)19(16(22)23)8-9-20(18,15(19)21)17(26)25-12-10-24(11-13-25)14-6-4-3-5-7-14/h3-7,15-16H,8-13H2,1-2H3. The third-order valence-corrected chi connectivity index (χ3v) is 10.8. The van der Waals surface area contributed by atoms with E-state index in [0.29, 0.717) is 5.91 Å². The Bertz CT molecular complexity index is 702. The minimum Gasteiger partial charge on any atom is -0.368 e. The van der Waals surface area contributed by atoms with E-state index >= 15 is 0 Å². The lowest BCUT2D eigenvalue weighted by atomic mass is 9.43. The molecule has 3 aliphatic carbocycles. The van der Waals surface area contributed by atoms with Gasteiger partial charge >= 0.3 is 0 Å². The molecule has 3 saturated carbocycles. The summed E-state index contributed by atoms with van der Waals surface area (Å²) in [6.07, 6.45) is 2.05. The number of carbonyl (C=O) groups is 1. The third kappa shape index (κ3) is 2.24. The number of hydrogen-bond acceptors (Lipinski definition) is 2. The fraction of sp³-hybridized carbons (Fsp3) is 0.650. The first-order valence-electron chi connectivity index (χ1n) is 9.30. The summed E-state index contributed by atoms with van der Waals surface area (Å²) in [6, 6.07) is 10.5. The first kappa shape index (κ1) is 19.3. The molecule has 0 spiro atoms. The molecule has 0 N–H and O–H groups in total. The van der Waals surface area contributed by atoms with Crippen molar-refractivity contribution in [2.45, 2.75) is 35.3 Å². The molecule has 1 saturated heterocycles. The molecule has 3 unspecified atom stereocenters. The summed E-state index contributed by atoms with van der Waals surface area (Å²) in [5.74, 6) is 0.353. The van der Waals surface area contributed by atoms with Crippen molar-refractivity contribution in [3.05, 3.63) is 30.3 Å². The van der Waals surface area contributed by atoms with E-state index in [1.807, 2.05) is 6.07 Å². The molecule has 3 atom stereocenters. The van der Waals surface area contributed by atoms with Crippen LogP contribution in [0.15, 0.2) is 30.3 Å². The molecular weight excluding hydrogens is 524 g/mol. The van der Waals surface area contributed by atoms with Gasteiger partial charge in [0.15, 0.2) is 0 Å². The first-order valence-corrected chi connectivity index (χ1v) is 12.1. The van der Waals surface area contributed by atoms with Gasteiger partial charge in [-0.2, -0.15) is 0 Å². The third-order valence-electron chi connectivity index (χ3n) is 7.56. The maximum atomic E-state index is 13.6. The van der Waals surface area contributed by atoms with Gasteiger partial charge in [-0.25, -0.2) is 0 Å². The number of piperazine rings is 1. The molecule has 1 aliphatic heterocycles. The Morgan fingerprint density at radius 1 is 1.08 bits per heavy atom. The number of para-hydroxylation sites is 1. The van der Waals surface area contributed by atoms with E-state index in [0.717, 1.165) is 39.0 Å². The maximum Gasteiger partial charge on any atom is 0.230 e. The minimum atomic E-state index is -0.276. The number of hydrogen-bond donors (Lipinski definition) is 0. The van der Waals surface area contributed by atoms with Crippen LogP contribution < -0.4 is 4.90 Å².